The number of hydrogen-bond acceptors (Lipinski definition) is 3. The van der Waals surface area contributed by atoms with Crippen molar-refractivity contribution in [2.45, 2.75) is 31.5 Å². The maximum Gasteiger partial charge on any atom is 0.394 e. The molecule has 0 bridgehead atoms. The highest BCUT2D eigenvalue weighted by molar-refractivity contribution is 5.79. The minimum absolute atomic E-state index is 0.0329. The molecule has 0 aliphatic carbocycles. The second-order valence-electron chi connectivity index (χ2n) is 3.62. The summed E-state index contributed by atoms with van der Waals surface area (Å²) in [6.45, 7) is 0.479. The van der Waals surface area contributed by atoms with E-state index in [9.17, 15) is 23.2 Å². The van der Waals surface area contributed by atoms with Gasteiger partial charge in [0.25, 0.3) is 0 Å². The van der Waals surface area contributed by atoms with Crippen molar-refractivity contribution in [2.75, 3.05) is 6.61 Å². The molecular formula is C8H12F3NO3. The zero-order valence-electron chi connectivity index (χ0n) is 8.08. The summed E-state index contributed by atoms with van der Waals surface area (Å²) in [6, 6.07) is 0. The van der Waals surface area contributed by atoms with Crippen molar-refractivity contribution in [3.8, 4) is 0 Å². The summed E-state index contributed by atoms with van der Waals surface area (Å²) >= 11 is 0. The molecule has 0 aromatic rings. The molecule has 1 amide bonds. The minimum Gasteiger partial charge on any atom is -0.394 e. The lowest BCUT2D eigenvalue weighted by molar-refractivity contribution is -0.237. The molecule has 0 radical (unpaired) electrons. The third kappa shape index (κ3) is 1.69. The third-order valence-electron chi connectivity index (χ3n) is 2.97. The Hall–Kier alpha value is -0.820. The van der Waals surface area contributed by atoms with E-state index < -0.39 is 36.6 Å². The number of hydrogen-bond donors (Lipinski definition) is 2. The highest BCUT2D eigenvalue weighted by Crippen LogP contribution is 2.46. The van der Waals surface area contributed by atoms with E-state index in [0.717, 1.165) is 0 Å². The molecule has 1 fully saturated rings. The van der Waals surface area contributed by atoms with E-state index in [4.69, 9.17) is 5.11 Å². The van der Waals surface area contributed by atoms with Gasteiger partial charge in [-0.25, -0.2) is 5.06 Å². The van der Waals surface area contributed by atoms with Gasteiger partial charge in [0.05, 0.1) is 12.5 Å². The molecule has 0 aromatic carbocycles. The van der Waals surface area contributed by atoms with E-state index in [0.29, 0.717) is 0 Å². The smallest absolute Gasteiger partial charge is 0.394 e. The van der Waals surface area contributed by atoms with Crippen LogP contribution in [0, 0.1) is 5.92 Å². The van der Waals surface area contributed by atoms with Crippen LogP contribution < -0.4 is 0 Å². The molecule has 2 N–H and O–H groups in total. The van der Waals surface area contributed by atoms with Crippen LogP contribution >= 0.6 is 0 Å². The van der Waals surface area contributed by atoms with E-state index in [-0.39, 0.29) is 11.5 Å². The first-order valence-corrected chi connectivity index (χ1v) is 4.49. The van der Waals surface area contributed by atoms with Gasteiger partial charge in [-0.3, -0.25) is 10.0 Å². The summed E-state index contributed by atoms with van der Waals surface area (Å²) in [7, 11) is 0. The Balaban J connectivity index is 3.12. The fourth-order valence-electron chi connectivity index (χ4n) is 1.95. The zero-order valence-corrected chi connectivity index (χ0v) is 8.08. The van der Waals surface area contributed by atoms with Gasteiger partial charge >= 0.3 is 6.18 Å². The van der Waals surface area contributed by atoms with Gasteiger partial charge in [-0.1, -0.05) is 6.92 Å². The van der Waals surface area contributed by atoms with Crippen molar-refractivity contribution < 1.29 is 28.3 Å². The number of aliphatic hydroxyl groups is 1. The molecule has 7 heteroatoms. The van der Waals surface area contributed by atoms with Gasteiger partial charge in [0.2, 0.25) is 5.91 Å². The number of amides is 1. The first-order chi connectivity index (χ1) is 6.79. The monoisotopic (exact) mass is 227 g/mol. The molecule has 2 atom stereocenters. The lowest BCUT2D eigenvalue weighted by Crippen LogP contribution is -2.53. The maximum atomic E-state index is 12.6. The summed E-state index contributed by atoms with van der Waals surface area (Å²) in [5.41, 5.74) is -1.92. The van der Waals surface area contributed by atoms with Crippen LogP contribution in [-0.4, -0.2) is 39.6 Å². The summed E-state index contributed by atoms with van der Waals surface area (Å²) in [5, 5.41) is 18.3. The van der Waals surface area contributed by atoms with Gasteiger partial charge in [-0.15, -0.1) is 0 Å². The molecule has 4 nitrogen and oxygen atoms in total. The van der Waals surface area contributed by atoms with Crippen molar-refractivity contribution in [2.24, 2.45) is 5.92 Å². The second-order valence-corrected chi connectivity index (χ2v) is 3.62. The lowest BCUT2D eigenvalue weighted by atomic mass is 9.83. The van der Waals surface area contributed by atoms with Gasteiger partial charge in [0.1, 0.15) is 5.54 Å². The molecule has 0 saturated carbocycles. The molecule has 15 heavy (non-hydrogen) atoms. The molecule has 0 aromatic heterocycles. The van der Waals surface area contributed by atoms with Crippen LogP contribution in [0.2, 0.25) is 0 Å². The van der Waals surface area contributed by atoms with Crippen molar-refractivity contribution in [1.29, 1.82) is 0 Å². The second kappa shape index (κ2) is 3.64. The number of alkyl halides is 3. The van der Waals surface area contributed by atoms with E-state index in [1.165, 1.54) is 6.92 Å². The number of hydroxylamine groups is 2. The lowest BCUT2D eigenvalue weighted by Gasteiger charge is -2.36. The van der Waals surface area contributed by atoms with E-state index in [1.807, 2.05) is 0 Å². The summed E-state index contributed by atoms with van der Waals surface area (Å²) in [4.78, 5) is 11.0. The topological polar surface area (TPSA) is 60.8 Å². The minimum atomic E-state index is -4.61. The molecule has 1 rings (SSSR count). The Bertz CT molecular complexity index is 262. The number of halogens is 3. The van der Waals surface area contributed by atoms with Gasteiger partial charge in [-0.05, 0) is 6.42 Å². The number of nitrogens with zero attached hydrogens (tertiary/aromatic N) is 1. The Kier molecular flexibility index (Phi) is 2.97. The standard InChI is InChI=1S/C8H12F3NO3/c1-2-7(4-13)5(8(9,10)11)3-6(14)12(7)15/h5,13,15H,2-4H2,1H3/t5-,7+/m1/s1. The number of aliphatic hydroxyl groups excluding tert-OH is 1. The van der Waals surface area contributed by atoms with Crippen LogP contribution in [0.5, 0.6) is 0 Å². The molecule has 0 unspecified atom stereocenters. The Morgan fingerprint density at radius 3 is 2.40 bits per heavy atom. The molecule has 1 heterocycles. The van der Waals surface area contributed by atoms with Crippen LogP contribution in [-0.2, 0) is 4.79 Å². The average Bonchev–Trinajstić information content (AvgIpc) is 2.41. The van der Waals surface area contributed by atoms with Crippen molar-refractivity contribution in [3.05, 3.63) is 0 Å². The Morgan fingerprint density at radius 1 is 1.60 bits per heavy atom. The van der Waals surface area contributed by atoms with Crippen LogP contribution in [0.4, 0.5) is 13.2 Å². The van der Waals surface area contributed by atoms with Crippen molar-refractivity contribution >= 4 is 5.91 Å². The maximum absolute atomic E-state index is 12.6. The predicted molar refractivity (Wildman–Crippen MR) is 42.9 cm³/mol. The van der Waals surface area contributed by atoms with Gasteiger partial charge < -0.3 is 5.11 Å². The average molecular weight is 227 g/mol. The van der Waals surface area contributed by atoms with Crippen LogP contribution in [0.15, 0.2) is 0 Å². The SMILES string of the molecule is CC[C@]1(CO)[C@H](C(F)(F)F)CC(=O)N1O. The quantitative estimate of drug-likeness (QED) is 0.690. The van der Waals surface area contributed by atoms with Gasteiger partial charge in [0.15, 0.2) is 0 Å². The van der Waals surface area contributed by atoms with Gasteiger partial charge in [-0.2, -0.15) is 13.2 Å². The highest BCUT2D eigenvalue weighted by atomic mass is 19.4. The molecule has 0 spiro atoms. The van der Waals surface area contributed by atoms with Crippen LogP contribution in [0.1, 0.15) is 19.8 Å². The summed E-state index contributed by atoms with van der Waals surface area (Å²) < 4.78 is 37.7. The van der Waals surface area contributed by atoms with Crippen molar-refractivity contribution in [3.63, 3.8) is 0 Å². The predicted octanol–water partition coefficient (Wildman–Crippen LogP) is 0.927. The van der Waals surface area contributed by atoms with E-state index in [2.05, 4.69) is 0 Å². The molecule has 1 aliphatic heterocycles. The number of carbonyl (C=O) groups excluding carboxylic acids is 1. The normalized spacial score (nSPS) is 32.5. The number of carbonyl (C=O) groups is 1. The van der Waals surface area contributed by atoms with Crippen molar-refractivity contribution in [1.82, 2.24) is 5.06 Å². The Morgan fingerprint density at radius 2 is 2.13 bits per heavy atom. The molecule has 1 aliphatic rings. The third-order valence-corrected chi connectivity index (χ3v) is 2.97. The van der Waals surface area contributed by atoms with Crippen LogP contribution in [0.25, 0.3) is 0 Å². The molecule has 88 valence electrons. The fraction of sp³-hybridized carbons (Fsp3) is 0.875. The Labute approximate surface area is 84.2 Å². The molecular weight excluding hydrogens is 215 g/mol. The zero-order chi connectivity index (χ0) is 11.9. The van der Waals surface area contributed by atoms with Crippen LogP contribution in [0.3, 0.4) is 0 Å². The highest BCUT2D eigenvalue weighted by Gasteiger charge is 2.62. The molecule has 1 saturated heterocycles. The van der Waals surface area contributed by atoms with E-state index >= 15 is 0 Å². The fourth-order valence-corrected chi connectivity index (χ4v) is 1.95. The summed E-state index contributed by atoms with van der Waals surface area (Å²) in [5.74, 6) is -3.02. The largest absolute Gasteiger partial charge is 0.394 e. The van der Waals surface area contributed by atoms with Gasteiger partial charge in [0, 0.05) is 6.42 Å². The van der Waals surface area contributed by atoms with E-state index in [1.54, 1.807) is 0 Å². The first kappa shape index (κ1) is 12.3. The number of rotatable bonds is 2. The first-order valence-electron chi connectivity index (χ1n) is 4.49. The summed E-state index contributed by atoms with van der Waals surface area (Å²) in [6.07, 6.45) is -5.57.